The third-order valence-corrected chi connectivity index (χ3v) is 1.43. The van der Waals surface area contributed by atoms with E-state index in [4.69, 9.17) is 9.52 Å². The average molecular weight is 140 g/mol. The molecule has 1 unspecified atom stereocenters. The molecule has 2 nitrogen and oxygen atoms in total. The molecule has 0 aromatic carbocycles. The fourth-order valence-corrected chi connectivity index (χ4v) is 0.810. The molecule has 0 aliphatic rings. The highest BCUT2D eigenvalue weighted by Crippen LogP contribution is 2.04. The Morgan fingerprint density at radius 3 is 3.00 bits per heavy atom. The molecule has 0 saturated carbocycles. The molecule has 0 aliphatic carbocycles. The van der Waals surface area contributed by atoms with Crippen molar-refractivity contribution in [1.29, 1.82) is 0 Å². The van der Waals surface area contributed by atoms with Crippen LogP contribution in [0.5, 0.6) is 0 Å². The fraction of sp³-hybridized carbons (Fsp3) is 0.500. The van der Waals surface area contributed by atoms with Crippen LogP contribution in [-0.4, -0.2) is 11.2 Å². The largest absolute Gasteiger partial charge is 0.472 e. The molecule has 1 heterocycles. The minimum atomic E-state index is -0.213. The van der Waals surface area contributed by atoms with Crippen LogP contribution in [-0.2, 0) is 6.42 Å². The summed E-state index contributed by atoms with van der Waals surface area (Å²) >= 11 is 0. The summed E-state index contributed by atoms with van der Waals surface area (Å²) in [5.74, 6) is 0. The van der Waals surface area contributed by atoms with E-state index in [0.29, 0.717) is 0 Å². The molecular formula is C8H12O2. The van der Waals surface area contributed by atoms with E-state index in [1.165, 1.54) is 0 Å². The van der Waals surface area contributed by atoms with E-state index in [0.717, 1.165) is 18.4 Å². The number of furan rings is 1. The molecule has 0 amide bonds. The monoisotopic (exact) mass is 140 g/mol. The maximum Gasteiger partial charge on any atom is 0.0934 e. The molecule has 1 atom stereocenters. The van der Waals surface area contributed by atoms with Gasteiger partial charge in [0.25, 0.3) is 0 Å². The number of aryl methyl sites for hydroxylation is 1. The lowest BCUT2D eigenvalue weighted by molar-refractivity contribution is 0.185. The summed E-state index contributed by atoms with van der Waals surface area (Å²) in [7, 11) is 0. The van der Waals surface area contributed by atoms with Gasteiger partial charge in [-0.2, -0.15) is 0 Å². The van der Waals surface area contributed by atoms with Crippen LogP contribution in [0.4, 0.5) is 0 Å². The van der Waals surface area contributed by atoms with E-state index >= 15 is 0 Å². The molecule has 1 N–H and O–H groups in total. The Kier molecular flexibility index (Phi) is 2.51. The first kappa shape index (κ1) is 7.35. The molecule has 1 rings (SSSR count). The normalized spacial score (nSPS) is 13.4. The predicted octanol–water partition coefficient (Wildman–Crippen LogP) is 1.59. The topological polar surface area (TPSA) is 33.4 Å². The van der Waals surface area contributed by atoms with Crippen molar-refractivity contribution in [2.75, 3.05) is 0 Å². The van der Waals surface area contributed by atoms with Gasteiger partial charge in [0.05, 0.1) is 18.6 Å². The van der Waals surface area contributed by atoms with E-state index in [1.54, 1.807) is 19.5 Å². The van der Waals surface area contributed by atoms with Gasteiger partial charge in [-0.25, -0.2) is 0 Å². The van der Waals surface area contributed by atoms with Crippen molar-refractivity contribution in [3.63, 3.8) is 0 Å². The summed E-state index contributed by atoms with van der Waals surface area (Å²) in [5, 5.41) is 8.92. The predicted molar refractivity (Wildman–Crippen MR) is 38.7 cm³/mol. The lowest BCUT2D eigenvalue weighted by Crippen LogP contribution is -2.00. The first-order valence-corrected chi connectivity index (χ1v) is 3.48. The smallest absolute Gasteiger partial charge is 0.0934 e. The Labute approximate surface area is 60.5 Å². The van der Waals surface area contributed by atoms with Gasteiger partial charge in [-0.05, 0) is 31.4 Å². The van der Waals surface area contributed by atoms with Crippen molar-refractivity contribution in [2.24, 2.45) is 0 Å². The molecule has 10 heavy (non-hydrogen) atoms. The van der Waals surface area contributed by atoms with E-state index in [2.05, 4.69) is 0 Å². The van der Waals surface area contributed by atoms with Crippen LogP contribution in [0, 0.1) is 0 Å². The molecule has 0 bridgehead atoms. The first-order valence-electron chi connectivity index (χ1n) is 3.48. The Balaban J connectivity index is 2.28. The van der Waals surface area contributed by atoms with Crippen LogP contribution in [0.15, 0.2) is 23.0 Å². The molecule has 0 aliphatic heterocycles. The number of rotatable bonds is 3. The standard InChI is InChI=1S/C8H12O2/c1-7(9)2-3-8-4-5-10-6-8/h4-7,9H,2-3H2,1H3. The van der Waals surface area contributed by atoms with Crippen LogP contribution in [0.3, 0.4) is 0 Å². The second-order valence-electron chi connectivity index (χ2n) is 2.52. The quantitative estimate of drug-likeness (QED) is 0.691. The minimum Gasteiger partial charge on any atom is -0.472 e. The number of aliphatic hydroxyl groups excluding tert-OH is 1. The fourth-order valence-electron chi connectivity index (χ4n) is 0.810. The third kappa shape index (κ3) is 2.23. The summed E-state index contributed by atoms with van der Waals surface area (Å²) in [4.78, 5) is 0. The van der Waals surface area contributed by atoms with Crippen LogP contribution in [0.2, 0.25) is 0 Å². The van der Waals surface area contributed by atoms with Crippen molar-refractivity contribution in [3.8, 4) is 0 Å². The average Bonchev–Trinajstić information content (AvgIpc) is 2.34. The highest BCUT2D eigenvalue weighted by atomic mass is 16.3. The highest BCUT2D eigenvalue weighted by Gasteiger charge is 1.97. The van der Waals surface area contributed by atoms with Crippen LogP contribution in [0.25, 0.3) is 0 Å². The lowest BCUT2D eigenvalue weighted by Gasteiger charge is -1.99. The summed E-state index contributed by atoms with van der Waals surface area (Å²) in [6.07, 6.45) is 4.85. The molecule has 2 heteroatoms. The van der Waals surface area contributed by atoms with E-state index in [-0.39, 0.29) is 6.10 Å². The van der Waals surface area contributed by atoms with E-state index < -0.39 is 0 Å². The van der Waals surface area contributed by atoms with Crippen molar-refractivity contribution < 1.29 is 9.52 Å². The maximum atomic E-state index is 8.92. The second-order valence-corrected chi connectivity index (χ2v) is 2.52. The van der Waals surface area contributed by atoms with E-state index in [1.807, 2.05) is 6.07 Å². The van der Waals surface area contributed by atoms with Gasteiger partial charge >= 0.3 is 0 Å². The Morgan fingerprint density at radius 1 is 1.70 bits per heavy atom. The van der Waals surface area contributed by atoms with Gasteiger partial charge in [0.15, 0.2) is 0 Å². The number of hydrogen-bond donors (Lipinski definition) is 1. The van der Waals surface area contributed by atoms with Crippen LogP contribution < -0.4 is 0 Å². The van der Waals surface area contributed by atoms with Crippen LogP contribution in [0.1, 0.15) is 18.9 Å². The molecule has 0 spiro atoms. The SMILES string of the molecule is CC(O)CCc1ccoc1. The van der Waals surface area contributed by atoms with Gasteiger partial charge in [-0.1, -0.05) is 0 Å². The van der Waals surface area contributed by atoms with Gasteiger partial charge in [-0.3, -0.25) is 0 Å². The first-order chi connectivity index (χ1) is 4.79. The summed E-state index contributed by atoms with van der Waals surface area (Å²) in [6, 6.07) is 1.92. The van der Waals surface area contributed by atoms with Crippen molar-refractivity contribution in [3.05, 3.63) is 24.2 Å². The number of aliphatic hydroxyl groups is 1. The van der Waals surface area contributed by atoms with Gasteiger partial charge in [0.2, 0.25) is 0 Å². The molecule has 1 aromatic rings. The molecule has 1 aromatic heterocycles. The molecule has 0 saturated heterocycles. The van der Waals surface area contributed by atoms with E-state index in [9.17, 15) is 0 Å². The molecule has 0 radical (unpaired) electrons. The Bertz CT molecular complexity index is 165. The van der Waals surface area contributed by atoms with Crippen molar-refractivity contribution in [2.45, 2.75) is 25.9 Å². The summed E-state index contributed by atoms with van der Waals surface area (Å²) < 4.78 is 4.87. The van der Waals surface area contributed by atoms with Crippen molar-refractivity contribution >= 4 is 0 Å². The van der Waals surface area contributed by atoms with Gasteiger partial charge < -0.3 is 9.52 Å². The Hall–Kier alpha value is -0.760. The van der Waals surface area contributed by atoms with Crippen LogP contribution >= 0.6 is 0 Å². The van der Waals surface area contributed by atoms with Gasteiger partial charge in [0.1, 0.15) is 0 Å². The van der Waals surface area contributed by atoms with Gasteiger partial charge in [0, 0.05) is 0 Å². The van der Waals surface area contributed by atoms with Gasteiger partial charge in [-0.15, -0.1) is 0 Å². The lowest BCUT2D eigenvalue weighted by atomic mass is 10.1. The zero-order chi connectivity index (χ0) is 7.40. The highest BCUT2D eigenvalue weighted by molar-refractivity contribution is 5.05. The summed E-state index contributed by atoms with van der Waals surface area (Å²) in [5.41, 5.74) is 1.15. The van der Waals surface area contributed by atoms with Crippen molar-refractivity contribution in [1.82, 2.24) is 0 Å². The molecule has 56 valence electrons. The Morgan fingerprint density at radius 2 is 2.50 bits per heavy atom. The summed E-state index contributed by atoms with van der Waals surface area (Å²) in [6.45, 7) is 1.79. The third-order valence-electron chi connectivity index (χ3n) is 1.43. The molecular weight excluding hydrogens is 128 g/mol. The zero-order valence-electron chi connectivity index (χ0n) is 6.08. The maximum absolute atomic E-state index is 8.92. The second kappa shape index (κ2) is 3.42. The zero-order valence-corrected chi connectivity index (χ0v) is 6.08. The molecule has 0 fully saturated rings. The minimum absolute atomic E-state index is 0.213. The number of hydrogen-bond acceptors (Lipinski definition) is 2.